The molecule has 2 fully saturated rings. The number of ether oxygens (including phenoxy) is 3. The van der Waals surface area contributed by atoms with Gasteiger partial charge in [0.1, 0.15) is 5.75 Å². The quantitative estimate of drug-likeness (QED) is 0.757. The van der Waals surface area contributed by atoms with Crippen molar-refractivity contribution in [1.82, 2.24) is 4.90 Å². The summed E-state index contributed by atoms with van der Waals surface area (Å²) >= 11 is 0. The van der Waals surface area contributed by atoms with Crippen LogP contribution in [0.5, 0.6) is 17.2 Å². The minimum atomic E-state index is -0.0704. The van der Waals surface area contributed by atoms with Crippen LogP contribution in [0, 0.1) is 6.92 Å². The zero-order chi connectivity index (χ0) is 21.3. The molecule has 1 unspecified atom stereocenters. The number of piperidine rings is 1. The number of urea groups is 1. The molecule has 3 atom stereocenters. The van der Waals surface area contributed by atoms with Gasteiger partial charge in [0, 0.05) is 23.7 Å². The summed E-state index contributed by atoms with van der Waals surface area (Å²) in [5.74, 6) is 2.28. The number of anilines is 1. The van der Waals surface area contributed by atoms with E-state index in [4.69, 9.17) is 14.2 Å². The number of amides is 2. The van der Waals surface area contributed by atoms with Gasteiger partial charge in [0.15, 0.2) is 11.5 Å². The summed E-state index contributed by atoms with van der Waals surface area (Å²) in [5.41, 5.74) is 2.77. The van der Waals surface area contributed by atoms with Crippen molar-refractivity contribution in [2.75, 3.05) is 26.6 Å². The van der Waals surface area contributed by atoms with Crippen molar-refractivity contribution in [2.24, 2.45) is 0 Å². The second-order valence-electron chi connectivity index (χ2n) is 8.12. The van der Waals surface area contributed by atoms with E-state index in [1.165, 1.54) is 5.56 Å². The number of carbonyl (C=O) groups excluding carboxylic acids is 1. The van der Waals surface area contributed by atoms with Crippen LogP contribution in [-0.2, 0) is 0 Å². The van der Waals surface area contributed by atoms with Crippen LogP contribution >= 0.6 is 0 Å². The van der Waals surface area contributed by atoms with Crippen molar-refractivity contribution in [1.29, 1.82) is 0 Å². The van der Waals surface area contributed by atoms with E-state index in [0.29, 0.717) is 28.9 Å². The third-order valence-corrected chi connectivity index (χ3v) is 6.53. The Bertz CT molecular complexity index is 901. The van der Waals surface area contributed by atoms with Gasteiger partial charge in [-0.15, -0.1) is 0 Å². The summed E-state index contributed by atoms with van der Waals surface area (Å²) in [6.45, 7) is 1.89. The predicted octanol–water partition coefficient (Wildman–Crippen LogP) is 4.96. The Kier molecular flexibility index (Phi) is 5.75. The molecule has 6 nitrogen and oxygen atoms in total. The van der Waals surface area contributed by atoms with Gasteiger partial charge in [-0.1, -0.05) is 30.3 Å². The van der Waals surface area contributed by atoms with Gasteiger partial charge in [0.25, 0.3) is 0 Å². The van der Waals surface area contributed by atoms with Crippen LogP contribution in [0.4, 0.5) is 10.5 Å². The lowest BCUT2D eigenvalue weighted by Gasteiger charge is -2.39. The van der Waals surface area contributed by atoms with Crippen LogP contribution in [0.3, 0.4) is 0 Å². The molecule has 2 heterocycles. The van der Waals surface area contributed by atoms with Crippen LogP contribution in [-0.4, -0.2) is 44.3 Å². The molecule has 2 saturated heterocycles. The van der Waals surface area contributed by atoms with E-state index in [-0.39, 0.29) is 18.1 Å². The molecule has 2 aromatic rings. The predicted molar refractivity (Wildman–Crippen MR) is 117 cm³/mol. The summed E-state index contributed by atoms with van der Waals surface area (Å²) in [6, 6.07) is 12.9. The van der Waals surface area contributed by atoms with Crippen molar-refractivity contribution in [3.05, 3.63) is 47.5 Å². The van der Waals surface area contributed by atoms with E-state index in [9.17, 15) is 4.79 Å². The molecule has 0 radical (unpaired) electrons. The maximum Gasteiger partial charge on any atom is 0.322 e. The molecule has 2 bridgehead atoms. The molecule has 0 aromatic heterocycles. The molecule has 0 saturated carbocycles. The topological polar surface area (TPSA) is 60.0 Å². The first kappa shape index (κ1) is 20.4. The standard InChI is InChI=1S/C24H30N2O4/c1-15-22(29-3)20(14-21(28-2)23(15)30-4)25-24(27)26-18-10-11-19(26)13-17(12-18)16-8-6-5-7-9-16/h5-9,14,17-19H,10-13H2,1-4H3,(H,25,27)/t17?,18-,19+. The number of hydrogen-bond acceptors (Lipinski definition) is 4. The molecule has 2 aliphatic heterocycles. The Morgan fingerprint density at radius 1 is 0.967 bits per heavy atom. The third kappa shape index (κ3) is 3.55. The number of hydrogen-bond donors (Lipinski definition) is 1. The number of nitrogens with one attached hydrogen (secondary N) is 1. The second-order valence-corrected chi connectivity index (χ2v) is 8.12. The summed E-state index contributed by atoms with van der Waals surface area (Å²) in [4.78, 5) is 15.3. The van der Waals surface area contributed by atoms with E-state index < -0.39 is 0 Å². The number of carbonyl (C=O) groups is 1. The Morgan fingerprint density at radius 3 is 2.17 bits per heavy atom. The van der Waals surface area contributed by atoms with Gasteiger partial charge in [0.05, 0.1) is 27.0 Å². The largest absolute Gasteiger partial charge is 0.494 e. The maximum atomic E-state index is 13.3. The molecule has 160 valence electrons. The van der Waals surface area contributed by atoms with Crippen molar-refractivity contribution < 1.29 is 19.0 Å². The highest BCUT2D eigenvalue weighted by atomic mass is 16.5. The summed E-state index contributed by atoms with van der Waals surface area (Å²) in [5, 5.41) is 3.08. The molecule has 1 N–H and O–H groups in total. The average molecular weight is 411 g/mol. The van der Waals surface area contributed by atoms with Gasteiger partial charge in [0.2, 0.25) is 0 Å². The van der Waals surface area contributed by atoms with Crippen molar-refractivity contribution in [3.8, 4) is 17.2 Å². The monoisotopic (exact) mass is 410 g/mol. The highest BCUT2D eigenvalue weighted by molar-refractivity contribution is 5.93. The highest BCUT2D eigenvalue weighted by Gasteiger charge is 2.43. The SMILES string of the molecule is COc1cc(NC(=O)N2[C@@H]3CC[C@H]2CC(c2ccccc2)C3)c(OC)c(C)c1OC. The van der Waals surface area contributed by atoms with Crippen molar-refractivity contribution >= 4 is 11.7 Å². The van der Waals surface area contributed by atoms with Crippen molar-refractivity contribution in [2.45, 2.75) is 50.6 Å². The van der Waals surface area contributed by atoms with Gasteiger partial charge in [-0.05, 0) is 44.1 Å². The smallest absolute Gasteiger partial charge is 0.322 e. The highest BCUT2D eigenvalue weighted by Crippen LogP contribution is 2.45. The lowest BCUT2D eigenvalue weighted by molar-refractivity contribution is 0.149. The van der Waals surface area contributed by atoms with Gasteiger partial charge in [-0.3, -0.25) is 0 Å². The summed E-state index contributed by atoms with van der Waals surface area (Å²) in [6.07, 6.45) is 4.14. The molecular weight excluding hydrogens is 380 g/mol. The van der Waals surface area contributed by atoms with Crippen LogP contribution in [0.25, 0.3) is 0 Å². The molecule has 2 aromatic carbocycles. The lowest BCUT2D eigenvalue weighted by atomic mass is 9.85. The Morgan fingerprint density at radius 2 is 1.60 bits per heavy atom. The van der Waals surface area contributed by atoms with Gasteiger partial charge < -0.3 is 24.4 Å². The maximum absolute atomic E-state index is 13.3. The fourth-order valence-electron chi connectivity index (χ4n) is 5.20. The fourth-order valence-corrected chi connectivity index (χ4v) is 5.20. The van der Waals surface area contributed by atoms with Crippen LogP contribution in [0.2, 0.25) is 0 Å². The first-order chi connectivity index (χ1) is 14.6. The zero-order valence-corrected chi connectivity index (χ0v) is 18.1. The van der Waals surface area contributed by atoms with E-state index in [0.717, 1.165) is 31.2 Å². The first-order valence-electron chi connectivity index (χ1n) is 10.5. The molecule has 2 amide bonds. The van der Waals surface area contributed by atoms with Crippen LogP contribution < -0.4 is 19.5 Å². The lowest BCUT2D eigenvalue weighted by Crippen LogP contribution is -2.48. The van der Waals surface area contributed by atoms with Gasteiger partial charge in [-0.2, -0.15) is 0 Å². The number of benzene rings is 2. The third-order valence-electron chi connectivity index (χ3n) is 6.53. The summed E-state index contributed by atoms with van der Waals surface area (Å²) in [7, 11) is 4.78. The number of rotatable bonds is 5. The molecule has 0 spiro atoms. The molecular formula is C24H30N2O4. The van der Waals surface area contributed by atoms with Gasteiger partial charge in [-0.25, -0.2) is 4.79 Å². The first-order valence-corrected chi connectivity index (χ1v) is 10.5. The number of fused-ring (bicyclic) bond motifs is 2. The number of nitrogens with zero attached hydrogens (tertiary/aromatic N) is 1. The Balaban J connectivity index is 1.55. The Labute approximate surface area is 178 Å². The minimum Gasteiger partial charge on any atom is -0.494 e. The molecule has 30 heavy (non-hydrogen) atoms. The van der Waals surface area contributed by atoms with Crippen LogP contribution in [0.1, 0.15) is 42.7 Å². The molecule has 6 heteroatoms. The van der Waals surface area contributed by atoms with Crippen LogP contribution in [0.15, 0.2) is 36.4 Å². The van der Waals surface area contributed by atoms with E-state index in [1.807, 2.05) is 11.8 Å². The normalized spacial score (nSPS) is 22.5. The van der Waals surface area contributed by atoms with E-state index in [1.54, 1.807) is 27.4 Å². The molecule has 4 rings (SSSR count). The molecule has 0 aliphatic carbocycles. The summed E-state index contributed by atoms with van der Waals surface area (Å²) < 4.78 is 16.5. The second kappa shape index (κ2) is 8.46. The number of methoxy groups -OCH3 is 3. The zero-order valence-electron chi connectivity index (χ0n) is 18.1. The average Bonchev–Trinajstić information content (AvgIpc) is 3.03. The van der Waals surface area contributed by atoms with E-state index in [2.05, 4.69) is 35.6 Å². The van der Waals surface area contributed by atoms with Crippen molar-refractivity contribution in [3.63, 3.8) is 0 Å². The molecule has 2 aliphatic rings. The fraction of sp³-hybridized carbons (Fsp3) is 0.458. The minimum absolute atomic E-state index is 0.0704. The van der Waals surface area contributed by atoms with E-state index >= 15 is 0 Å². The van der Waals surface area contributed by atoms with Gasteiger partial charge >= 0.3 is 6.03 Å². The Hall–Kier alpha value is -2.89.